The van der Waals surface area contributed by atoms with Crippen molar-refractivity contribution in [3.63, 3.8) is 0 Å². The van der Waals surface area contributed by atoms with Crippen LogP contribution >= 0.6 is 0 Å². The lowest BCUT2D eigenvalue weighted by Crippen LogP contribution is -2.47. The lowest BCUT2D eigenvalue weighted by Gasteiger charge is -2.30. The van der Waals surface area contributed by atoms with E-state index in [-0.39, 0.29) is 23.9 Å². The number of aryl methyl sites for hydroxylation is 1. The number of hydrogen-bond acceptors (Lipinski definition) is 6. The molecular formula is C28H29N3O7. The van der Waals surface area contributed by atoms with Crippen LogP contribution in [0.3, 0.4) is 0 Å². The third kappa shape index (κ3) is 4.73. The molecule has 1 spiro atoms. The van der Waals surface area contributed by atoms with Crippen molar-refractivity contribution in [2.24, 2.45) is 5.92 Å². The van der Waals surface area contributed by atoms with Gasteiger partial charge in [0.25, 0.3) is 11.8 Å². The van der Waals surface area contributed by atoms with Gasteiger partial charge in [-0.05, 0) is 55.4 Å². The van der Waals surface area contributed by atoms with E-state index >= 15 is 0 Å². The van der Waals surface area contributed by atoms with Crippen molar-refractivity contribution in [3.05, 3.63) is 70.8 Å². The molecule has 2 N–H and O–H groups in total. The fourth-order valence-electron chi connectivity index (χ4n) is 5.35. The quantitative estimate of drug-likeness (QED) is 0.520. The van der Waals surface area contributed by atoms with Gasteiger partial charge >= 0.3 is 12.1 Å². The standard InChI is InChI=1S/C28H29N3O7/c1-17(19-7-8-19)30(15-18-5-3-2-4-6-18)23(32)16-31-26(36)28(38-27(31)37)12-11-20-13-21(9-10-22(20)28)25(35)29-14-24(33)34/h2-6,9-10,13,17,19H,7-8,11-12,14-16H2,1H3,(H,29,35)(H,33,34)/t17?,28-/m0/s1. The Balaban J connectivity index is 1.33. The van der Waals surface area contributed by atoms with Crippen LogP contribution in [0, 0.1) is 5.92 Å². The second-order valence-corrected chi connectivity index (χ2v) is 10.1. The van der Waals surface area contributed by atoms with Crippen molar-refractivity contribution >= 4 is 29.8 Å². The van der Waals surface area contributed by atoms with Crippen LogP contribution < -0.4 is 5.32 Å². The van der Waals surface area contributed by atoms with E-state index in [4.69, 9.17) is 9.84 Å². The molecule has 0 radical (unpaired) electrons. The number of rotatable bonds is 9. The topological polar surface area (TPSA) is 133 Å². The Labute approximate surface area is 219 Å². The highest BCUT2D eigenvalue weighted by Gasteiger charge is 2.58. The van der Waals surface area contributed by atoms with E-state index in [2.05, 4.69) is 5.32 Å². The van der Waals surface area contributed by atoms with Crippen molar-refractivity contribution < 1.29 is 33.8 Å². The number of aliphatic carboxylic acids is 1. The average molecular weight is 520 g/mol. The van der Waals surface area contributed by atoms with Gasteiger partial charge in [-0.1, -0.05) is 36.4 Å². The Morgan fingerprint density at radius 2 is 1.89 bits per heavy atom. The molecule has 0 bridgehead atoms. The molecule has 0 aromatic heterocycles. The number of fused-ring (bicyclic) bond motifs is 2. The van der Waals surface area contributed by atoms with Gasteiger partial charge in [0.2, 0.25) is 11.5 Å². The zero-order valence-corrected chi connectivity index (χ0v) is 21.0. The monoisotopic (exact) mass is 519 g/mol. The lowest BCUT2D eigenvalue weighted by molar-refractivity contribution is -0.143. The van der Waals surface area contributed by atoms with Crippen molar-refractivity contribution in [1.29, 1.82) is 0 Å². The van der Waals surface area contributed by atoms with Crippen molar-refractivity contribution in [2.45, 2.75) is 50.8 Å². The molecule has 2 aromatic rings. The van der Waals surface area contributed by atoms with Crippen LogP contribution in [-0.4, -0.2) is 63.8 Å². The third-order valence-corrected chi connectivity index (χ3v) is 7.63. The number of imide groups is 1. The first-order valence-electron chi connectivity index (χ1n) is 12.7. The molecule has 1 unspecified atom stereocenters. The van der Waals surface area contributed by atoms with Crippen molar-refractivity contribution in [3.8, 4) is 0 Å². The molecule has 2 aliphatic carbocycles. The molecule has 1 aliphatic heterocycles. The molecule has 4 amide bonds. The van der Waals surface area contributed by atoms with Gasteiger partial charge in [-0.25, -0.2) is 9.69 Å². The van der Waals surface area contributed by atoms with Gasteiger partial charge in [-0.15, -0.1) is 0 Å². The minimum Gasteiger partial charge on any atom is -0.480 e. The smallest absolute Gasteiger partial charge is 0.418 e. The first-order chi connectivity index (χ1) is 18.2. The van der Waals surface area contributed by atoms with Gasteiger partial charge in [-0.3, -0.25) is 19.2 Å². The predicted molar refractivity (Wildman–Crippen MR) is 134 cm³/mol. The zero-order valence-electron chi connectivity index (χ0n) is 21.0. The summed E-state index contributed by atoms with van der Waals surface area (Å²) >= 11 is 0. The van der Waals surface area contributed by atoms with E-state index in [9.17, 15) is 24.0 Å². The summed E-state index contributed by atoms with van der Waals surface area (Å²) in [4.78, 5) is 65.6. The number of amides is 4. The molecule has 10 nitrogen and oxygen atoms in total. The maximum Gasteiger partial charge on any atom is 0.418 e. The molecule has 38 heavy (non-hydrogen) atoms. The Hall–Kier alpha value is -4.21. The van der Waals surface area contributed by atoms with E-state index < -0.39 is 42.6 Å². The molecule has 5 rings (SSSR count). The average Bonchev–Trinajstić information content (AvgIpc) is 3.66. The molecule has 3 aliphatic rings. The second kappa shape index (κ2) is 9.92. The Bertz CT molecular complexity index is 1310. The fraction of sp³-hybridized carbons (Fsp3) is 0.393. The molecule has 1 heterocycles. The number of nitrogens with zero attached hydrogens (tertiary/aromatic N) is 2. The summed E-state index contributed by atoms with van der Waals surface area (Å²) in [6.07, 6.45) is 1.80. The molecule has 2 atom stereocenters. The van der Waals surface area contributed by atoms with Crippen LogP contribution in [0.25, 0.3) is 0 Å². The van der Waals surface area contributed by atoms with Crippen LogP contribution in [-0.2, 0) is 37.7 Å². The molecular weight excluding hydrogens is 490 g/mol. The normalized spacial score (nSPS) is 20.7. The highest BCUT2D eigenvalue weighted by atomic mass is 16.6. The molecule has 1 saturated heterocycles. The maximum absolute atomic E-state index is 13.6. The zero-order chi connectivity index (χ0) is 27.0. The van der Waals surface area contributed by atoms with E-state index in [1.165, 1.54) is 6.07 Å². The first-order valence-corrected chi connectivity index (χ1v) is 12.7. The second-order valence-electron chi connectivity index (χ2n) is 10.1. The fourth-order valence-corrected chi connectivity index (χ4v) is 5.35. The van der Waals surface area contributed by atoms with Gasteiger partial charge in [-0.2, -0.15) is 0 Å². The third-order valence-electron chi connectivity index (χ3n) is 7.63. The molecule has 2 aromatic carbocycles. The number of benzene rings is 2. The van der Waals surface area contributed by atoms with E-state index in [1.54, 1.807) is 17.0 Å². The maximum atomic E-state index is 13.6. The summed E-state index contributed by atoms with van der Waals surface area (Å²) in [5, 5.41) is 11.1. The van der Waals surface area contributed by atoms with Crippen LogP contribution in [0.5, 0.6) is 0 Å². The van der Waals surface area contributed by atoms with Crippen LogP contribution in [0.15, 0.2) is 48.5 Å². The number of nitrogens with one attached hydrogen (secondary N) is 1. The summed E-state index contributed by atoms with van der Waals surface area (Å²) in [5.41, 5.74) is 0.822. The summed E-state index contributed by atoms with van der Waals surface area (Å²) in [6.45, 7) is 1.46. The molecule has 1 saturated carbocycles. The molecule has 10 heteroatoms. The van der Waals surface area contributed by atoms with Crippen molar-refractivity contribution in [2.75, 3.05) is 13.1 Å². The first kappa shape index (κ1) is 25.4. The minimum absolute atomic E-state index is 0.0247. The summed E-state index contributed by atoms with van der Waals surface area (Å²) in [6, 6.07) is 14.2. The highest BCUT2D eigenvalue weighted by Crippen LogP contribution is 2.45. The largest absolute Gasteiger partial charge is 0.480 e. The lowest BCUT2D eigenvalue weighted by atomic mass is 9.94. The minimum atomic E-state index is -1.53. The SMILES string of the molecule is CC(C1CC1)N(Cc1ccccc1)C(=O)CN1C(=O)O[C@]2(CCc3cc(C(=O)NCC(=O)O)ccc32)C1=O. The summed E-state index contributed by atoms with van der Waals surface area (Å²) in [7, 11) is 0. The van der Waals surface area contributed by atoms with Crippen LogP contribution in [0.4, 0.5) is 4.79 Å². The summed E-state index contributed by atoms with van der Waals surface area (Å²) < 4.78 is 5.65. The number of hydrogen-bond donors (Lipinski definition) is 2. The Morgan fingerprint density at radius 1 is 1.16 bits per heavy atom. The van der Waals surface area contributed by atoms with Crippen LogP contribution in [0.2, 0.25) is 0 Å². The Morgan fingerprint density at radius 3 is 2.58 bits per heavy atom. The molecule has 2 fully saturated rings. The highest BCUT2D eigenvalue weighted by molar-refractivity contribution is 6.06. The number of carbonyl (C=O) groups excluding carboxylic acids is 4. The predicted octanol–water partition coefficient (Wildman–Crippen LogP) is 2.45. The van der Waals surface area contributed by atoms with E-state index in [0.717, 1.165) is 23.3 Å². The van der Waals surface area contributed by atoms with Gasteiger partial charge in [0.15, 0.2) is 0 Å². The van der Waals surface area contributed by atoms with E-state index in [1.807, 2.05) is 37.3 Å². The van der Waals surface area contributed by atoms with Gasteiger partial charge in [0.05, 0.1) is 0 Å². The number of carboxylic acid groups (broad SMARTS) is 1. The molecule has 198 valence electrons. The van der Waals surface area contributed by atoms with Gasteiger partial charge in [0, 0.05) is 30.1 Å². The van der Waals surface area contributed by atoms with Gasteiger partial charge < -0.3 is 20.1 Å². The van der Waals surface area contributed by atoms with E-state index in [0.29, 0.717) is 30.0 Å². The number of carbonyl (C=O) groups is 5. The Kier molecular flexibility index (Phi) is 6.64. The number of ether oxygens (including phenoxy) is 1. The van der Waals surface area contributed by atoms with Crippen LogP contribution in [0.1, 0.15) is 53.2 Å². The van der Waals surface area contributed by atoms with Crippen molar-refractivity contribution in [1.82, 2.24) is 15.1 Å². The van der Waals surface area contributed by atoms with Gasteiger partial charge in [0.1, 0.15) is 13.1 Å². The number of carboxylic acids is 1. The summed E-state index contributed by atoms with van der Waals surface area (Å²) in [5.74, 6) is -2.22.